The number of benzene rings is 1. The number of halogens is 1. The zero-order valence-electron chi connectivity index (χ0n) is 14.6. The van der Waals surface area contributed by atoms with Gasteiger partial charge < -0.3 is 18.8 Å². The van der Waals surface area contributed by atoms with E-state index in [2.05, 4.69) is 9.97 Å². The van der Waals surface area contributed by atoms with Crippen LogP contribution in [0.15, 0.2) is 12.3 Å². The standard InChI is InChI=1S/C16H20BFN2O4/c1-15(2)16(3,4)24-17(23-15)9-7-10(21-5)12(18)14-13(9)19-8-11(20-14)22-6/h7-8H,1-6H3. The van der Waals surface area contributed by atoms with Crippen molar-refractivity contribution in [1.82, 2.24) is 9.97 Å². The van der Waals surface area contributed by atoms with Gasteiger partial charge >= 0.3 is 7.12 Å². The van der Waals surface area contributed by atoms with E-state index < -0.39 is 24.1 Å². The van der Waals surface area contributed by atoms with Crippen molar-refractivity contribution in [2.75, 3.05) is 14.2 Å². The Morgan fingerprint density at radius 1 is 1.04 bits per heavy atom. The van der Waals surface area contributed by atoms with Crippen molar-refractivity contribution >= 4 is 23.6 Å². The first-order valence-corrected chi connectivity index (χ1v) is 7.63. The molecule has 6 nitrogen and oxygen atoms in total. The quantitative estimate of drug-likeness (QED) is 0.801. The van der Waals surface area contributed by atoms with Gasteiger partial charge in [0.2, 0.25) is 5.88 Å². The van der Waals surface area contributed by atoms with Crippen LogP contribution in [0.2, 0.25) is 0 Å². The van der Waals surface area contributed by atoms with Crippen molar-refractivity contribution in [1.29, 1.82) is 0 Å². The monoisotopic (exact) mass is 334 g/mol. The lowest BCUT2D eigenvalue weighted by atomic mass is 9.78. The topological polar surface area (TPSA) is 62.7 Å². The van der Waals surface area contributed by atoms with Crippen LogP contribution >= 0.6 is 0 Å². The van der Waals surface area contributed by atoms with Crippen molar-refractivity contribution in [2.45, 2.75) is 38.9 Å². The summed E-state index contributed by atoms with van der Waals surface area (Å²) in [5, 5.41) is 0. The Kier molecular flexibility index (Phi) is 3.92. The molecule has 1 aromatic carbocycles. The molecule has 0 atom stereocenters. The molecule has 1 saturated heterocycles. The molecule has 0 saturated carbocycles. The van der Waals surface area contributed by atoms with Crippen LogP contribution in [0.1, 0.15) is 27.7 Å². The van der Waals surface area contributed by atoms with Crippen molar-refractivity contribution in [3.05, 3.63) is 18.1 Å². The molecule has 1 aliphatic rings. The Labute approximate surface area is 140 Å². The van der Waals surface area contributed by atoms with Gasteiger partial charge in [0.15, 0.2) is 11.6 Å². The molecule has 24 heavy (non-hydrogen) atoms. The van der Waals surface area contributed by atoms with Gasteiger partial charge in [-0.25, -0.2) is 14.4 Å². The average Bonchev–Trinajstić information content (AvgIpc) is 2.75. The van der Waals surface area contributed by atoms with Gasteiger partial charge in [-0.05, 0) is 33.8 Å². The first kappa shape index (κ1) is 16.9. The number of methoxy groups -OCH3 is 2. The van der Waals surface area contributed by atoms with Crippen LogP contribution < -0.4 is 14.9 Å². The maximum atomic E-state index is 14.6. The number of nitrogens with zero attached hydrogens (tertiary/aromatic N) is 2. The number of fused-ring (bicyclic) bond motifs is 1. The third kappa shape index (κ3) is 2.50. The van der Waals surface area contributed by atoms with Crippen molar-refractivity contribution < 1.29 is 23.2 Å². The van der Waals surface area contributed by atoms with E-state index in [1.54, 1.807) is 6.07 Å². The summed E-state index contributed by atoms with van der Waals surface area (Å²) >= 11 is 0. The molecule has 2 heterocycles. The van der Waals surface area contributed by atoms with Crippen molar-refractivity contribution in [2.24, 2.45) is 0 Å². The van der Waals surface area contributed by atoms with Gasteiger partial charge in [-0.3, -0.25) is 0 Å². The van der Waals surface area contributed by atoms with E-state index >= 15 is 0 Å². The van der Waals surface area contributed by atoms with Crippen LogP contribution in [-0.2, 0) is 9.31 Å². The van der Waals surface area contributed by atoms with Crippen LogP contribution in [0, 0.1) is 5.82 Å². The van der Waals surface area contributed by atoms with E-state index in [9.17, 15) is 4.39 Å². The molecule has 2 aromatic rings. The molecule has 1 aromatic heterocycles. The fourth-order valence-corrected chi connectivity index (χ4v) is 2.52. The molecule has 0 amide bonds. The summed E-state index contributed by atoms with van der Waals surface area (Å²) in [5.74, 6) is -0.330. The highest BCUT2D eigenvalue weighted by atomic mass is 19.1. The zero-order valence-corrected chi connectivity index (χ0v) is 14.6. The molecule has 0 spiro atoms. The van der Waals surface area contributed by atoms with Gasteiger partial charge in [0.1, 0.15) is 5.52 Å². The maximum absolute atomic E-state index is 14.6. The van der Waals surface area contributed by atoms with Gasteiger partial charge in [0, 0.05) is 5.46 Å². The summed E-state index contributed by atoms with van der Waals surface area (Å²) in [6.07, 6.45) is 1.43. The molecule has 0 bridgehead atoms. The minimum Gasteiger partial charge on any atom is -0.494 e. The molecular formula is C16H20BFN2O4. The van der Waals surface area contributed by atoms with E-state index in [1.165, 1.54) is 20.4 Å². The van der Waals surface area contributed by atoms with Crippen LogP contribution in [0.25, 0.3) is 11.0 Å². The second kappa shape index (κ2) is 5.56. The number of rotatable bonds is 3. The second-order valence-corrected chi connectivity index (χ2v) is 6.68. The summed E-state index contributed by atoms with van der Waals surface area (Å²) < 4.78 is 36.9. The fraction of sp³-hybridized carbons (Fsp3) is 0.500. The molecule has 0 N–H and O–H groups in total. The Bertz CT molecular complexity index is 781. The molecule has 0 radical (unpaired) electrons. The smallest absolute Gasteiger partial charge is 0.494 e. The number of aromatic nitrogens is 2. The van der Waals surface area contributed by atoms with Gasteiger partial charge in [0.05, 0.1) is 37.1 Å². The Hall–Kier alpha value is -1.93. The lowest BCUT2D eigenvalue weighted by Crippen LogP contribution is -2.41. The number of hydrogen-bond acceptors (Lipinski definition) is 6. The minimum absolute atomic E-state index is 0.0507. The molecule has 0 unspecified atom stereocenters. The van der Waals surface area contributed by atoms with Crippen LogP contribution in [0.3, 0.4) is 0 Å². The number of ether oxygens (including phenoxy) is 2. The Balaban J connectivity index is 2.20. The first-order chi connectivity index (χ1) is 11.2. The van der Waals surface area contributed by atoms with Gasteiger partial charge in [-0.15, -0.1) is 0 Å². The molecule has 0 aliphatic carbocycles. The predicted molar refractivity (Wildman–Crippen MR) is 88.3 cm³/mol. The third-order valence-corrected chi connectivity index (χ3v) is 4.67. The Morgan fingerprint density at radius 2 is 1.67 bits per heavy atom. The minimum atomic E-state index is -0.699. The molecule has 1 aliphatic heterocycles. The SMILES string of the molecule is COc1cnc2c(B3OC(C)(C)C(C)(C)O3)cc(OC)c(F)c2n1. The third-order valence-electron chi connectivity index (χ3n) is 4.67. The molecule has 3 rings (SSSR count). The zero-order chi connectivity index (χ0) is 17.7. The first-order valence-electron chi connectivity index (χ1n) is 7.63. The lowest BCUT2D eigenvalue weighted by molar-refractivity contribution is 0.00578. The second-order valence-electron chi connectivity index (χ2n) is 6.68. The van der Waals surface area contributed by atoms with Gasteiger partial charge in [-0.1, -0.05) is 0 Å². The largest absolute Gasteiger partial charge is 0.497 e. The summed E-state index contributed by atoms with van der Waals surface area (Å²) in [6.45, 7) is 7.80. The van der Waals surface area contributed by atoms with E-state index in [4.69, 9.17) is 18.8 Å². The van der Waals surface area contributed by atoms with E-state index in [-0.39, 0.29) is 17.1 Å². The Morgan fingerprint density at radius 3 is 2.21 bits per heavy atom. The summed E-state index contributed by atoms with van der Waals surface area (Å²) in [7, 11) is 2.14. The predicted octanol–water partition coefficient (Wildman–Crippen LogP) is 2.09. The summed E-state index contributed by atoms with van der Waals surface area (Å²) in [6, 6.07) is 1.54. The van der Waals surface area contributed by atoms with Gasteiger partial charge in [0.25, 0.3) is 0 Å². The van der Waals surface area contributed by atoms with E-state index in [0.717, 1.165) is 0 Å². The van der Waals surface area contributed by atoms with E-state index in [1.807, 2.05) is 27.7 Å². The molecular weight excluding hydrogens is 314 g/mol. The van der Waals surface area contributed by atoms with Crippen LogP contribution in [-0.4, -0.2) is 42.5 Å². The average molecular weight is 334 g/mol. The normalized spacial score (nSPS) is 18.9. The molecule has 128 valence electrons. The summed E-state index contributed by atoms with van der Waals surface area (Å²) in [4.78, 5) is 8.44. The van der Waals surface area contributed by atoms with Gasteiger partial charge in [-0.2, -0.15) is 0 Å². The highest BCUT2D eigenvalue weighted by Crippen LogP contribution is 2.37. The van der Waals surface area contributed by atoms with Crippen molar-refractivity contribution in [3.63, 3.8) is 0 Å². The number of hydrogen-bond donors (Lipinski definition) is 0. The summed E-state index contributed by atoms with van der Waals surface area (Å²) in [5.41, 5.74) is -0.0696. The fourth-order valence-electron chi connectivity index (χ4n) is 2.52. The van der Waals surface area contributed by atoms with Crippen molar-refractivity contribution in [3.8, 4) is 11.6 Å². The highest BCUT2D eigenvalue weighted by Gasteiger charge is 2.52. The molecule has 1 fully saturated rings. The maximum Gasteiger partial charge on any atom is 0.497 e. The molecule has 8 heteroatoms. The highest BCUT2D eigenvalue weighted by molar-refractivity contribution is 6.65. The van der Waals surface area contributed by atoms with E-state index in [0.29, 0.717) is 11.0 Å². The van der Waals surface area contributed by atoms with Crippen LogP contribution in [0.4, 0.5) is 4.39 Å². The lowest BCUT2D eigenvalue weighted by Gasteiger charge is -2.32. The van der Waals surface area contributed by atoms with Crippen LogP contribution in [0.5, 0.6) is 11.6 Å².